The Morgan fingerprint density at radius 1 is 1.12 bits per heavy atom. The van der Waals surface area contributed by atoms with E-state index >= 15 is 0 Å². The second-order valence-corrected chi connectivity index (χ2v) is 6.12. The Morgan fingerprint density at radius 2 is 1.77 bits per heavy atom. The number of hydrogen-bond acceptors (Lipinski definition) is 2. The highest BCUT2D eigenvalue weighted by Gasteiger charge is 2.36. The van der Waals surface area contributed by atoms with Crippen molar-refractivity contribution >= 4 is 11.8 Å². The zero-order chi connectivity index (χ0) is 18.9. The van der Waals surface area contributed by atoms with E-state index in [1.165, 1.54) is 4.90 Å². The van der Waals surface area contributed by atoms with Crippen LogP contribution in [0.15, 0.2) is 48.5 Å². The van der Waals surface area contributed by atoms with Crippen LogP contribution >= 0.6 is 0 Å². The molecule has 2 amide bonds. The molecule has 0 bridgehead atoms. The van der Waals surface area contributed by atoms with Crippen molar-refractivity contribution in [1.82, 2.24) is 10.2 Å². The second-order valence-electron chi connectivity index (χ2n) is 6.12. The molecule has 1 saturated heterocycles. The maximum absolute atomic E-state index is 12.9. The van der Waals surface area contributed by atoms with Gasteiger partial charge in [-0.05, 0) is 42.3 Å². The fourth-order valence-electron chi connectivity index (χ4n) is 3.06. The molecule has 0 radical (unpaired) electrons. The van der Waals surface area contributed by atoms with E-state index in [2.05, 4.69) is 5.32 Å². The highest BCUT2D eigenvalue weighted by Crippen LogP contribution is 2.31. The number of aryl methyl sites for hydroxylation is 1. The van der Waals surface area contributed by atoms with Crippen molar-refractivity contribution in [2.24, 2.45) is 0 Å². The number of rotatable bonds is 2. The van der Waals surface area contributed by atoms with E-state index < -0.39 is 23.7 Å². The van der Waals surface area contributed by atoms with Crippen LogP contribution in [0.4, 0.5) is 13.2 Å². The number of benzene rings is 2. The van der Waals surface area contributed by atoms with Crippen LogP contribution in [0.5, 0.6) is 0 Å². The molecular weight excluding hydrogens is 345 g/mol. The Labute approximate surface area is 148 Å². The monoisotopic (exact) mass is 362 g/mol. The maximum Gasteiger partial charge on any atom is 0.416 e. The van der Waals surface area contributed by atoms with E-state index in [-0.39, 0.29) is 18.0 Å². The third-order valence-electron chi connectivity index (χ3n) is 4.42. The molecule has 1 atom stereocenters. The van der Waals surface area contributed by atoms with Crippen molar-refractivity contribution in [1.29, 1.82) is 0 Å². The van der Waals surface area contributed by atoms with E-state index in [9.17, 15) is 22.8 Å². The molecule has 0 aliphatic carbocycles. The van der Waals surface area contributed by atoms with Gasteiger partial charge >= 0.3 is 6.18 Å². The zero-order valence-electron chi connectivity index (χ0n) is 14.0. The Hall–Kier alpha value is -2.83. The first-order valence-corrected chi connectivity index (χ1v) is 8.10. The van der Waals surface area contributed by atoms with Gasteiger partial charge in [-0.3, -0.25) is 9.59 Å². The first kappa shape index (κ1) is 18.0. The van der Waals surface area contributed by atoms with E-state index in [1.54, 1.807) is 12.1 Å². The Bertz CT molecular complexity index is 831. The number of halogens is 3. The lowest BCUT2D eigenvalue weighted by Crippen LogP contribution is -2.52. The molecule has 2 aromatic carbocycles. The predicted octanol–water partition coefficient (Wildman–Crippen LogP) is 3.33. The van der Waals surface area contributed by atoms with Gasteiger partial charge < -0.3 is 10.2 Å². The molecule has 1 aliphatic heterocycles. The van der Waals surface area contributed by atoms with Crippen molar-refractivity contribution < 1.29 is 22.8 Å². The summed E-state index contributed by atoms with van der Waals surface area (Å²) in [7, 11) is 0. The van der Waals surface area contributed by atoms with Crippen molar-refractivity contribution in [2.45, 2.75) is 19.1 Å². The minimum absolute atomic E-state index is 0.117. The van der Waals surface area contributed by atoms with Crippen LogP contribution < -0.4 is 5.32 Å². The summed E-state index contributed by atoms with van der Waals surface area (Å²) in [5, 5.41) is 2.74. The van der Waals surface area contributed by atoms with Crippen LogP contribution in [0.2, 0.25) is 0 Å². The lowest BCUT2D eigenvalue weighted by molar-refractivity contribution is -0.137. The van der Waals surface area contributed by atoms with Gasteiger partial charge in [0.25, 0.3) is 5.91 Å². The normalized spacial score (nSPS) is 17.8. The molecule has 136 valence electrons. The highest BCUT2D eigenvalue weighted by molar-refractivity contribution is 5.98. The van der Waals surface area contributed by atoms with Crippen molar-refractivity contribution in [3.05, 3.63) is 70.8 Å². The lowest BCUT2D eigenvalue weighted by atomic mass is 9.97. The van der Waals surface area contributed by atoms with Crippen molar-refractivity contribution in [3.8, 4) is 0 Å². The molecule has 2 aromatic rings. The van der Waals surface area contributed by atoms with Gasteiger partial charge in [-0.2, -0.15) is 13.2 Å². The van der Waals surface area contributed by atoms with E-state index in [1.807, 2.05) is 19.1 Å². The first-order valence-electron chi connectivity index (χ1n) is 8.10. The molecule has 0 aromatic heterocycles. The van der Waals surface area contributed by atoms with Crippen molar-refractivity contribution in [3.63, 3.8) is 0 Å². The van der Waals surface area contributed by atoms with Crippen LogP contribution in [0.3, 0.4) is 0 Å². The standard InChI is InChI=1S/C19H17F3N2O2/c1-12-4-2-3-5-15(12)16-17(25)23-10-11-24(16)18(26)13-6-8-14(9-7-13)19(20,21)22/h2-9,16H,10-11H2,1H3,(H,23,25). The summed E-state index contributed by atoms with van der Waals surface area (Å²) in [6, 6.07) is 10.5. The van der Waals surface area contributed by atoms with E-state index in [0.29, 0.717) is 12.1 Å². The smallest absolute Gasteiger partial charge is 0.352 e. The number of piperazine rings is 1. The summed E-state index contributed by atoms with van der Waals surface area (Å²) in [6.07, 6.45) is -4.46. The molecule has 1 heterocycles. The fraction of sp³-hybridized carbons (Fsp3) is 0.263. The summed E-state index contributed by atoms with van der Waals surface area (Å²) < 4.78 is 38.1. The molecule has 1 fully saturated rings. The molecule has 1 unspecified atom stereocenters. The van der Waals surface area contributed by atoms with Gasteiger partial charge in [-0.1, -0.05) is 24.3 Å². The molecule has 1 N–H and O–H groups in total. The average molecular weight is 362 g/mol. The molecule has 1 aliphatic rings. The summed E-state index contributed by atoms with van der Waals surface area (Å²) in [6.45, 7) is 2.43. The Kier molecular flexibility index (Phi) is 4.71. The second kappa shape index (κ2) is 6.82. The minimum Gasteiger partial charge on any atom is -0.352 e. The highest BCUT2D eigenvalue weighted by atomic mass is 19.4. The van der Waals surface area contributed by atoms with Gasteiger partial charge in [-0.25, -0.2) is 0 Å². The van der Waals surface area contributed by atoms with Crippen LogP contribution in [0.1, 0.15) is 33.1 Å². The van der Waals surface area contributed by atoms with Crippen LogP contribution in [-0.4, -0.2) is 29.8 Å². The average Bonchev–Trinajstić information content (AvgIpc) is 2.61. The van der Waals surface area contributed by atoms with Gasteiger partial charge in [0.2, 0.25) is 5.91 Å². The Balaban J connectivity index is 1.93. The lowest BCUT2D eigenvalue weighted by Gasteiger charge is -2.36. The number of amides is 2. The fourth-order valence-corrected chi connectivity index (χ4v) is 3.06. The summed E-state index contributed by atoms with van der Waals surface area (Å²) in [5.41, 5.74) is 0.858. The van der Waals surface area contributed by atoms with E-state index in [4.69, 9.17) is 0 Å². The quantitative estimate of drug-likeness (QED) is 0.891. The van der Waals surface area contributed by atoms with Gasteiger partial charge in [0.15, 0.2) is 0 Å². The topological polar surface area (TPSA) is 49.4 Å². The molecular formula is C19H17F3N2O2. The maximum atomic E-state index is 12.9. The molecule has 4 nitrogen and oxygen atoms in total. The largest absolute Gasteiger partial charge is 0.416 e. The van der Waals surface area contributed by atoms with Gasteiger partial charge in [0.1, 0.15) is 6.04 Å². The molecule has 26 heavy (non-hydrogen) atoms. The number of alkyl halides is 3. The number of nitrogens with one attached hydrogen (secondary N) is 1. The van der Waals surface area contributed by atoms with Gasteiger partial charge in [0, 0.05) is 18.7 Å². The van der Waals surface area contributed by atoms with Gasteiger partial charge in [0.05, 0.1) is 5.56 Å². The van der Waals surface area contributed by atoms with E-state index in [0.717, 1.165) is 29.8 Å². The third kappa shape index (κ3) is 3.42. The minimum atomic E-state index is -4.46. The third-order valence-corrected chi connectivity index (χ3v) is 4.42. The Morgan fingerprint density at radius 3 is 2.38 bits per heavy atom. The molecule has 0 saturated carbocycles. The molecule has 7 heteroatoms. The van der Waals surface area contributed by atoms with Crippen LogP contribution in [-0.2, 0) is 11.0 Å². The van der Waals surface area contributed by atoms with Gasteiger partial charge in [-0.15, -0.1) is 0 Å². The predicted molar refractivity (Wildman–Crippen MR) is 89.4 cm³/mol. The first-order chi connectivity index (χ1) is 12.3. The zero-order valence-corrected chi connectivity index (χ0v) is 14.0. The number of carbonyl (C=O) groups excluding carboxylic acids is 2. The number of carbonyl (C=O) groups is 2. The van der Waals surface area contributed by atoms with Crippen molar-refractivity contribution in [2.75, 3.05) is 13.1 Å². The summed E-state index contributed by atoms with van der Waals surface area (Å²) in [5.74, 6) is -0.771. The number of hydrogen-bond donors (Lipinski definition) is 1. The SMILES string of the molecule is Cc1ccccc1C1C(=O)NCCN1C(=O)c1ccc(C(F)(F)F)cc1. The molecule has 3 rings (SSSR count). The summed E-state index contributed by atoms with van der Waals surface area (Å²) in [4.78, 5) is 26.7. The number of nitrogens with zero attached hydrogens (tertiary/aromatic N) is 1. The molecule has 0 spiro atoms. The summed E-state index contributed by atoms with van der Waals surface area (Å²) >= 11 is 0. The van der Waals surface area contributed by atoms with Crippen LogP contribution in [0, 0.1) is 6.92 Å². The van der Waals surface area contributed by atoms with Crippen LogP contribution in [0.25, 0.3) is 0 Å².